The smallest absolute Gasteiger partial charge is 0.374 e. The molecule has 2 saturated heterocycles. The Morgan fingerprint density at radius 1 is 1.20 bits per heavy atom. The second-order valence-electron chi connectivity index (χ2n) is 7.16. The van der Waals surface area contributed by atoms with Crippen LogP contribution >= 0.6 is 0 Å². The highest BCUT2D eigenvalue weighted by Crippen LogP contribution is 2.26. The summed E-state index contributed by atoms with van der Waals surface area (Å²) in [7, 11) is 0. The first-order valence-electron chi connectivity index (χ1n) is 9.34. The highest BCUT2D eigenvalue weighted by atomic mass is 19.4. The Bertz CT molecular complexity index is 833. The number of amides is 3. The van der Waals surface area contributed by atoms with Crippen LogP contribution in [0.4, 0.5) is 28.9 Å². The lowest BCUT2D eigenvalue weighted by atomic mass is 10.1. The number of halogens is 4. The van der Waals surface area contributed by atoms with Gasteiger partial charge in [-0.05, 0) is 24.6 Å². The zero-order valence-electron chi connectivity index (χ0n) is 15.8. The first-order chi connectivity index (χ1) is 14.1. The molecule has 30 heavy (non-hydrogen) atoms. The maximum atomic E-state index is 14.0. The Labute approximate surface area is 169 Å². The zero-order valence-corrected chi connectivity index (χ0v) is 15.8. The van der Waals surface area contributed by atoms with Crippen molar-refractivity contribution < 1.29 is 31.9 Å². The summed E-state index contributed by atoms with van der Waals surface area (Å²) in [5.41, 5.74) is 0.226. The summed E-state index contributed by atoms with van der Waals surface area (Å²) in [5, 5.41) is 10.0. The monoisotopic (exact) mass is 431 g/mol. The number of benzene rings is 1. The van der Waals surface area contributed by atoms with Crippen LogP contribution in [-0.2, 0) is 14.4 Å². The molecule has 2 fully saturated rings. The first kappa shape index (κ1) is 22.0. The van der Waals surface area contributed by atoms with Gasteiger partial charge in [0.05, 0.1) is 6.54 Å². The van der Waals surface area contributed by atoms with Gasteiger partial charge < -0.3 is 16.0 Å². The average Bonchev–Trinajstić information content (AvgIpc) is 2.63. The normalized spacial score (nSPS) is 23.1. The molecular weight excluding hydrogens is 410 g/mol. The number of imide groups is 1. The minimum Gasteiger partial charge on any atom is -0.374 e. The molecule has 2 heterocycles. The highest BCUT2D eigenvalue weighted by Gasteiger charge is 2.45. The summed E-state index contributed by atoms with van der Waals surface area (Å²) in [6.07, 6.45) is -4.12. The van der Waals surface area contributed by atoms with Gasteiger partial charge in [0, 0.05) is 37.4 Å². The number of anilines is 2. The number of piperazine rings is 1. The van der Waals surface area contributed by atoms with Gasteiger partial charge in [0.25, 0.3) is 0 Å². The van der Waals surface area contributed by atoms with Crippen molar-refractivity contribution >= 4 is 29.1 Å². The van der Waals surface area contributed by atoms with E-state index in [2.05, 4.69) is 21.3 Å². The average molecular weight is 431 g/mol. The predicted molar refractivity (Wildman–Crippen MR) is 99.1 cm³/mol. The van der Waals surface area contributed by atoms with Crippen LogP contribution in [0.25, 0.3) is 0 Å². The summed E-state index contributed by atoms with van der Waals surface area (Å²) in [4.78, 5) is 36.3. The fourth-order valence-electron chi connectivity index (χ4n) is 3.42. The molecule has 3 amide bonds. The SMILES string of the molecule is O=C1CCC(Nc2cc(F)cc(NC(=O)CN3CCNCC3C(F)(F)F)c2)C(=O)N1. The number of nitrogens with zero attached hydrogens (tertiary/aromatic N) is 1. The van der Waals surface area contributed by atoms with E-state index in [4.69, 9.17) is 0 Å². The van der Waals surface area contributed by atoms with E-state index in [-0.39, 0.29) is 37.3 Å². The van der Waals surface area contributed by atoms with E-state index >= 15 is 0 Å². The molecule has 4 N–H and O–H groups in total. The number of nitrogens with one attached hydrogen (secondary N) is 4. The second kappa shape index (κ2) is 8.96. The molecule has 2 unspecified atom stereocenters. The van der Waals surface area contributed by atoms with E-state index in [1.54, 1.807) is 0 Å². The molecule has 0 aromatic heterocycles. The Hall–Kier alpha value is -2.73. The van der Waals surface area contributed by atoms with Crippen molar-refractivity contribution in [1.82, 2.24) is 15.5 Å². The highest BCUT2D eigenvalue weighted by molar-refractivity contribution is 6.01. The molecule has 3 rings (SSSR count). The Balaban J connectivity index is 1.64. The van der Waals surface area contributed by atoms with Crippen LogP contribution in [0.5, 0.6) is 0 Å². The molecule has 164 valence electrons. The molecular formula is C18H21F4N5O3. The van der Waals surface area contributed by atoms with Crippen LogP contribution < -0.4 is 21.3 Å². The van der Waals surface area contributed by atoms with E-state index in [9.17, 15) is 31.9 Å². The van der Waals surface area contributed by atoms with Crippen molar-refractivity contribution in [2.24, 2.45) is 0 Å². The lowest BCUT2D eigenvalue weighted by Gasteiger charge is -2.36. The van der Waals surface area contributed by atoms with Gasteiger partial charge in [-0.15, -0.1) is 0 Å². The minimum atomic E-state index is -4.48. The third kappa shape index (κ3) is 5.66. The number of hydrogen-bond donors (Lipinski definition) is 4. The van der Waals surface area contributed by atoms with Gasteiger partial charge >= 0.3 is 6.18 Å². The standard InChI is InChI=1S/C18H21F4N5O3/c19-10-5-11(24-13-1-2-15(28)26-17(13)30)7-12(6-10)25-16(29)9-27-4-3-23-8-14(27)18(20,21)22/h5-7,13-14,23-24H,1-4,8-9H2,(H,25,29)(H,26,28,30). The van der Waals surface area contributed by atoms with Gasteiger partial charge in [0.15, 0.2) is 0 Å². The minimum absolute atomic E-state index is 0.0356. The predicted octanol–water partition coefficient (Wildman–Crippen LogP) is 0.817. The zero-order chi connectivity index (χ0) is 21.9. The summed E-state index contributed by atoms with van der Waals surface area (Å²) >= 11 is 0. The quantitative estimate of drug-likeness (QED) is 0.407. The van der Waals surface area contributed by atoms with E-state index < -0.39 is 48.3 Å². The summed E-state index contributed by atoms with van der Waals surface area (Å²) in [6.45, 7) is -0.446. The Morgan fingerprint density at radius 2 is 1.93 bits per heavy atom. The number of carbonyl (C=O) groups is 3. The van der Waals surface area contributed by atoms with E-state index in [0.29, 0.717) is 6.54 Å². The molecule has 0 bridgehead atoms. The molecule has 0 saturated carbocycles. The van der Waals surface area contributed by atoms with Gasteiger partial charge in [-0.2, -0.15) is 13.2 Å². The molecule has 12 heteroatoms. The molecule has 1 aromatic rings. The summed E-state index contributed by atoms with van der Waals surface area (Å²) in [6, 6.07) is 0.960. The maximum absolute atomic E-state index is 14.0. The van der Waals surface area contributed by atoms with Crippen molar-refractivity contribution in [1.29, 1.82) is 0 Å². The largest absolute Gasteiger partial charge is 0.405 e. The van der Waals surface area contributed by atoms with Crippen molar-refractivity contribution in [3.8, 4) is 0 Å². The second-order valence-corrected chi connectivity index (χ2v) is 7.16. The van der Waals surface area contributed by atoms with Gasteiger partial charge in [0.2, 0.25) is 17.7 Å². The molecule has 2 atom stereocenters. The Kier molecular flexibility index (Phi) is 6.56. The number of alkyl halides is 3. The van der Waals surface area contributed by atoms with Gasteiger partial charge in [-0.25, -0.2) is 4.39 Å². The van der Waals surface area contributed by atoms with Crippen LogP contribution in [-0.4, -0.2) is 67.1 Å². The summed E-state index contributed by atoms with van der Waals surface area (Å²) in [5.74, 6) is -2.37. The third-order valence-corrected chi connectivity index (χ3v) is 4.84. The molecule has 2 aliphatic heterocycles. The first-order valence-corrected chi connectivity index (χ1v) is 9.34. The van der Waals surface area contributed by atoms with Gasteiger partial charge in [-0.1, -0.05) is 0 Å². The fraction of sp³-hybridized carbons (Fsp3) is 0.500. The molecule has 1 aromatic carbocycles. The lowest BCUT2D eigenvalue weighted by Crippen LogP contribution is -2.59. The third-order valence-electron chi connectivity index (χ3n) is 4.84. The molecule has 0 radical (unpaired) electrons. The fourth-order valence-corrected chi connectivity index (χ4v) is 3.42. The van der Waals surface area contributed by atoms with Crippen LogP contribution in [0.1, 0.15) is 12.8 Å². The summed E-state index contributed by atoms with van der Waals surface area (Å²) < 4.78 is 53.3. The van der Waals surface area contributed by atoms with Crippen LogP contribution in [0.15, 0.2) is 18.2 Å². The molecule has 2 aliphatic rings. The van der Waals surface area contributed by atoms with Crippen LogP contribution in [0.2, 0.25) is 0 Å². The maximum Gasteiger partial charge on any atom is 0.405 e. The van der Waals surface area contributed by atoms with Crippen molar-refractivity contribution in [2.45, 2.75) is 31.1 Å². The van der Waals surface area contributed by atoms with E-state index in [1.807, 2.05) is 0 Å². The molecule has 8 nitrogen and oxygen atoms in total. The van der Waals surface area contributed by atoms with Crippen LogP contribution in [0, 0.1) is 5.82 Å². The molecule has 0 aliphatic carbocycles. The molecule has 0 spiro atoms. The van der Waals surface area contributed by atoms with Crippen molar-refractivity contribution in [3.05, 3.63) is 24.0 Å². The van der Waals surface area contributed by atoms with Crippen LogP contribution in [0.3, 0.4) is 0 Å². The van der Waals surface area contributed by atoms with Gasteiger partial charge in [-0.3, -0.25) is 24.6 Å². The Morgan fingerprint density at radius 3 is 2.63 bits per heavy atom. The van der Waals surface area contributed by atoms with E-state index in [1.165, 1.54) is 6.07 Å². The lowest BCUT2D eigenvalue weighted by molar-refractivity contribution is -0.187. The number of rotatable bonds is 5. The number of carbonyl (C=O) groups excluding carboxylic acids is 3. The van der Waals surface area contributed by atoms with Gasteiger partial charge in [0.1, 0.15) is 17.9 Å². The topological polar surface area (TPSA) is 103 Å². The number of hydrogen-bond acceptors (Lipinski definition) is 6. The van der Waals surface area contributed by atoms with Crippen molar-refractivity contribution in [2.75, 3.05) is 36.8 Å². The van der Waals surface area contributed by atoms with Crippen molar-refractivity contribution in [3.63, 3.8) is 0 Å². The number of piperidine rings is 1. The van der Waals surface area contributed by atoms with E-state index in [0.717, 1.165) is 17.0 Å².